The number of aryl methyl sites for hydroxylation is 1. The summed E-state index contributed by atoms with van der Waals surface area (Å²) in [6, 6.07) is 11.8. The summed E-state index contributed by atoms with van der Waals surface area (Å²) in [6.07, 6.45) is 5.63. The second-order valence-electron chi connectivity index (χ2n) is 7.91. The number of benzene rings is 1. The number of aromatic nitrogens is 2. The van der Waals surface area contributed by atoms with E-state index in [1.165, 1.54) is 28.0 Å². The summed E-state index contributed by atoms with van der Waals surface area (Å²) in [4.78, 5) is 10.2. The first-order valence-electron chi connectivity index (χ1n) is 9.84. The molecule has 4 aliphatic rings. The van der Waals surface area contributed by atoms with Gasteiger partial charge in [-0.25, -0.2) is 4.98 Å². The number of hydrogen-bond acceptors (Lipinski definition) is 6. The molecule has 3 aliphatic heterocycles. The zero-order valence-corrected chi connectivity index (χ0v) is 16.5. The Morgan fingerprint density at radius 1 is 1.11 bits per heavy atom. The molecule has 28 heavy (non-hydrogen) atoms. The van der Waals surface area contributed by atoms with Crippen LogP contribution in [0, 0.1) is 6.92 Å². The minimum absolute atomic E-state index is 0.261. The van der Waals surface area contributed by atoms with E-state index in [1.807, 2.05) is 19.2 Å². The quantitative estimate of drug-likeness (QED) is 0.720. The van der Waals surface area contributed by atoms with Gasteiger partial charge in [-0.15, -0.1) is 11.3 Å². The van der Waals surface area contributed by atoms with E-state index in [1.54, 1.807) is 11.3 Å². The van der Waals surface area contributed by atoms with Gasteiger partial charge in [-0.2, -0.15) is 4.98 Å². The Balaban J connectivity index is 1.27. The number of piperidine rings is 1. The summed E-state index contributed by atoms with van der Waals surface area (Å²) in [5.74, 6) is 1.34. The average molecular weight is 391 g/mol. The van der Waals surface area contributed by atoms with Crippen molar-refractivity contribution in [3.63, 3.8) is 0 Å². The Kier molecular flexibility index (Phi) is 3.71. The van der Waals surface area contributed by atoms with Crippen LogP contribution in [-0.4, -0.2) is 28.2 Å². The average Bonchev–Trinajstić information content (AvgIpc) is 3.13. The fourth-order valence-electron chi connectivity index (χ4n) is 4.55. The summed E-state index contributed by atoms with van der Waals surface area (Å²) in [6.45, 7) is 2.56. The number of nitrogens with one attached hydrogen (secondary N) is 1. The highest BCUT2D eigenvalue weighted by Gasteiger charge is 2.38. The van der Waals surface area contributed by atoms with Crippen molar-refractivity contribution in [2.24, 2.45) is 0 Å². The van der Waals surface area contributed by atoms with Gasteiger partial charge in [-0.05, 0) is 55.0 Å². The van der Waals surface area contributed by atoms with Crippen LogP contribution in [0.5, 0.6) is 11.8 Å². The molecule has 0 spiro atoms. The van der Waals surface area contributed by atoms with Gasteiger partial charge < -0.3 is 14.8 Å². The highest BCUT2D eigenvalue weighted by Crippen LogP contribution is 2.40. The molecule has 2 bridgehead atoms. The Hall–Kier alpha value is -2.44. The molecule has 1 aliphatic carbocycles. The predicted octanol–water partition coefficient (Wildman–Crippen LogP) is 4.34. The van der Waals surface area contributed by atoms with Crippen molar-refractivity contribution in [3.8, 4) is 33.3 Å². The molecule has 1 aromatic carbocycles. The second-order valence-corrected chi connectivity index (χ2v) is 9.15. The lowest BCUT2D eigenvalue weighted by molar-refractivity contribution is 0.0521. The number of thiazole rings is 1. The monoisotopic (exact) mass is 391 g/mol. The molecule has 0 amide bonds. The van der Waals surface area contributed by atoms with Crippen molar-refractivity contribution in [1.82, 2.24) is 15.3 Å². The zero-order valence-electron chi connectivity index (χ0n) is 15.6. The van der Waals surface area contributed by atoms with Gasteiger partial charge in [0.25, 0.3) is 0 Å². The maximum Gasteiger partial charge on any atom is 0.225 e. The SMILES string of the molecule is Cc1ncc(-c2ccc3c(c2)COc2nc(OC4CC5CC(C4)N5)ccc2-3)s1. The molecule has 2 saturated heterocycles. The predicted molar refractivity (Wildman–Crippen MR) is 109 cm³/mol. The molecule has 1 saturated carbocycles. The van der Waals surface area contributed by atoms with Crippen LogP contribution in [0.2, 0.25) is 0 Å². The molecular weight excluding hydrogens is 370 g/mol. The topological polar surface area (TPSA) is 56.3 Å². The van der Waals surface area contributed by atoms with Gasteiger partial charge in [0.05, 0.1) is 9.88 Å². The van der Waals surface area contributed by atoms with E-state index in [0.717, 1.165) is 23.4 Å². The Morgan fingerprint density at radius 2 is 1.93 bits per heavy atom. The Morgan fingerprint density at radius 3 is 2.71 bits per heavy atom. The standard InChI is InChI=1S/C22H21N3O2S/c1-12-23-10-20(28-12)13-2-3-18-14(6-13)11-26-22-19(18)4-5-21(25-22)27-17-8-15-7-16(9-17)24-15/h2-6,10,15-17,24H,7-9,11H2,1H3. The van der Waals surface area contributed by atoms with Crippen molar-refractivity contribution < 1.29 is 9.47 Å². The van der Waals surface area contributed by atoms with Crippen LogP contribution in [0.4, 0.5) is 0 Å². The van der Waals surface area contributed by atoms with Crippen LogP contribution in [0.3, 0.4) is 0 Å². The molecule has 3 fully saturated rings. The fraction of sp³-hybridized carbons (Fsp3) is 0.364. The lowest BCUT2D eigenvalue weighted by Gasteiger charge is -2.46. The van der Waals surface area contributed by atoms with Gasteiger partial charge >= 0.3 is 0 Å². The summed E-state index contributed by atoms with van der Waals surface area (Å²) < 4.78 is 12.1. The van der Waals surface area contributed by atoms with E-state index < -0.39 is 0 Å². The summed E-state index contributed by atoms with van der Waals surface area (Å²) >= 11 is 1.71. The third kappa shape index (κ3) is 2.79. The molecular formula is C22H21N3O2S. The molecule has 5 nitrogen and oxygen atoms in total. The van der Waals surface area contributed by atoms with Crippen LogP contribution >= 0.6 is 11.3 Å². The second kappa shape index (κ2) is 6.29. The minimum atomic E-state index is 0.261. The number of ether oxygens (including phenoxy) is 2. The van der Waals surface area contributed by atoms with Crippen molar-refractivity contribution in [2.45, 2.75) is 51.0 Å². The molecule has 5 heterocycles. The van der Waals surface area contributed by atoms with Crippen LogP contribution in [0.1, 0.15) is 29.8 Å². The number of hydrogen-bond donors (Lipinski definition) is 1. The molecule has 6 heteroatoms. The van der Waals surface area contributed by atoms with E-state index in [0.29, 0.717) is 30.5 Å². The van der Waals surface area contributed by atoms with Gasteiger partial charge in [0.2, 0.25) is 11.8 Å². The highest BCUT2D eigenvalue weighted by molar-refractivity contribution is 7.15. The Bertz CT molecular complexity index is 1050. The first kappa shape index (κ1) is 16.5. The molecule has 0 radical (unpaired) electrons. The normalized spacial score (nSPS) is 24.5. The van der Waals surface area contributed by atoms with Crippen molar-refractivity contribution in [1.29, 1.82) is 0 Å². The van der Waals surface area contributed by atoms with E-state index in [4.69, 9.17) is 9.47 Å². The van der Waals surface area contributed by atoms with Gasteiger partial charge in [-0.1, -0.05) is 12.1 Å². The zero-order chi connectivity index (χ0) is 18.7. The highest BCUT2D eigenvalue weighted by atomic mass is 32.1. The van der Waals surface area contributed by atoms with Crippen LogP contribution in [0.15, 0.2) is 36.5 Å². The van der Waals surface area contributed by atoms with Crippen LogP contribution in [-0.2, 0) is 6.61 Å². The molecule has 1 N–H and O–H groups in total. The lowest BCUT2D eigenvalue weighted by Crippen LogP contribution is -2.60. The first-order valence-corrected chi connectivity index (χ1v) is 10.7. The van der Waals surface area contributed by atoms with E-state index in [-0.39, 0.29) is 6.10 Å². The summed E-state index contributed by atoms with van der Waals surface area (Å²) in [5, 5.41) is 4.63. The number of nitrogens with zero attached hydrogens (tertiary/aromatic N) is 2. The lowest BCUT2D eigenvalue weighted by atomic mass is 9.81. The number of rotatable bonds is 3. The minimum Gasteiger partial charge on any atom is -0.474 e. The van der Waals surface area contributed by atoms with Crippen LogP contribution in [0.25, 0.3) is 21.6 Å². The van der Waals surface area contributed by atoms with E-state index in [9.17, 15) is 0 Å². The van der Waals surface area contributed by atoms with Gasteiger partial charge in [-0.3, -0.25) is 0 Å². The molecule has 142 valence electrons. The van der Waals surface area contributed by atoms with Crippen molar-refractivity contribution in [3.05, 3.63) is 47.1 Å². The van der Waals surface area contributed by atoms with E-state index >= 15 is 0 Å². The molecule has 2 unspecified atom stereocenters. The largest absolute Gasteiger partial charge is 0.474 e. The third-order valence-corrected chi connectivity index (χ3v) is 6.88. The number of fused-ring (bicyclic) bond motifs is 5. The molecule has 2 aromatic heterocycles. The van der Waals surface area contributed by atoms with Gasteiger partial charge in [0.15, 0.2) is 0 Å². The first-order chi connectivity index (χ1) is 13.7. The smallest absolute Gasteiger partial charge is 0.225 e. The van der Waals surface area contributed by atoms with Crippen LogP contribution < -0.4 is 14.8 Å². The van der Waals surface area contributed by atoms with Gasteiger partial charge in [0.1, 0.15) is 12.7 Å². The fourth-order valence-corrected chi connectivity index (χ4v) is 5.33. The van der Waals surface area contributed by atoms with Crippen molar-refractivity contribution >= 4 is 11.3 Å². The van der Waals surface area contributed by atoms with Crippen molar-refractivity contribution in [2.75, 3.05) is 0 Å². The maximum absolute atomic E-state index is 6.15. The maximum atomic E-state index is 6.15. The third-order valence-electron chi connectivity index (χ3n) is 5.92. The molecule has 2 atom stereocenters. The number of pyridine rings is 1. The summed E-state index contributed by atoms with van der Waals surface area (Å²) in [5.41, 5.74) is 4.60. The molecule has 7 rings (SSSR count). The summed E-state index contributed by atoms with van der Waals surface area (Å²) in [7, 11) is 0. The van der Waals surface area contributed by atoms with E-state index in [2.05, 4.69) is 39.6 Å². The van der Waals surface area contributed by atoms with Gasteiger partial charge in [0, 0.05) is 29.9 Å². The molecule has 3 aromatic rings. The Labute approximate surface area is 167 Å².